The van der Waals surface area contributed by atoms with E-state index in [0.29, 0.717) is 6.54 Å². The summed E-state index contributed by atoms with van der Waals surface area (Å²) in [6.07, 6.45) is 3.71. The SMILES string of the molecule is O=C(NCc1ccccn1)NC1(c2ccccc2)CC1. The highest BCUT2D eigenvalue weighted by Gasteiger charge is 2.45. The number of carbonyl (C=O) groups excluding carboxylic acids is 1. The number of rotatable bonds is 4. The lowest BCUT2D eigenvalue weighted by Crippen LogP contribution is -2.42. The number of benzene rings is 1. The van der Waals surface area contributed by atoms with Gasteiger partial charge in [0, 0.05) is 6.20 Å². The van der Waals surface area contributed by atoms with Crippen molar-refractivity contribution in [3.63, 3.8) is 0 Å². The number of nitrogens with zero attached hydrogens (tertiary/aromatic N) is 1. The lowest BCUT2D eigenvalue weighted by Gasteiger charge is -2.18. The monoisotopic (exact) mass is 267 g/mol. The van der Waals surface area contributed by atoms with Gasteiger partial charge in [0.25, 0.3) is 0 Å². The van der Waals surface area contributed by atoms with E-state index in [4.69, 9.17) is 0 Å². The molecule has 2 amide bonds. The second-order valence-corrected chi connectivity index (χ2v) is 5.08. The molecular weight excluding hydrogens is 250 g/mol. The molecule has 1 saturated carbocycles. The average Bonchev–Trinajstić information content (AvgIpc) is 3.28. The molecule has 1 aromatic carbocycles. The highest BCUT2D eigenvalue weighted by atomic mass is 16.2. The second kappa shape index (κ2) is 5.33. The molecule has 0 saturated heterocycles. The van der Waals surface area contributed by atoms with Crippen LogP contribution in [-0.4, -0.2) is 11.0 Å². The third-order valence-electron chi connectivity index (χ3n) is 3.59. The van der Waals surface area contributed by atoms with E-state index >= 15 is 0 Å². The first-order valence-corrected chi connectivity index (χ1v) is 6.80. The molecule has 2 N–H and O–H groups in total. The van der Waals surface area contributed by atoms with E-state index < -0.39 is 0 Å². The first kappa shape index (κ1) is 12.7. The second-order valence-electron chi connectivity index (χ2n) is 5.08. The zero-order chi connectivity index (χ0) is 13.8. The third-order valence-corrected chi connectivity index (χ3v) is 3.59. The van der Waals surface area contributed by atoms with Crippen LogP contribution < -0.4 is 10.6 Å². The summed E-state index contributed by atoms with van der Waals surface area (Å²) in [7, 11) is 0. The molecular formula is C16H17N3O. The van der Waals surface area contributed by atoms with Crippen LogP contribution >= 0.6 is 0 Å². The fourth-order valence-electron chi connectivity index (χ4n) is 2.30. The Kier molecular flexibility index (Phi) is 3.37. The first-order valence-electron chi connectivity index (χ1n) is 6.80. The quantitative estimate of drug-likeness (QED) is 0.894. The van der Waals surface area contributed by atoms with Crippen molar-refractivity contribution in [3.05, 3.63) is 66.0 Å². The highest BCUT2D eigenvalue weighted by molar-refractivity contribution is 5.75. The first-order chi connectivity index (χ1) is 9.78. The largest absolute Gasteiger partial charge is 0.332 e. The molecule has 0 aliphatic heterocycles. The van der Waals surface area contributed by atoms with Crippen LogP contribution in [0.25, 0.3) is 0 Å². The van der Waals surface area contributed by atoms with Gasteiger partial charge in [-0.05, 0) is 30.5 Å². The summed E-state index contributed by atoms with van der Waals surface area (Å²) >= 11 is 0. The Hall–Kier alpha value is -2.36. The van der Waals surface area contributed by atoms with E-state index in [1.54, 1.807) is 6.20 Å². The molecule has 0 unspecified atom stereocenters. The number of amides is 2. The number of hydrogen-bond acceptors (Lipinski definition) is 2. The fraction of sp³-hybridized carbons (Fsp3) is 0.250. The molecule has 102 valence electrons. The maximum Gasteiger partial charge on any atom is 0.315 e. The van der Waals surface area contributed by atoms with Gasteiger partial charge in [0.2, 0.25) is 0 Å². The van der Waals surface area contributed by atoms with Crippen molar-refractivity contribution in [1.29, 1.82) is 0 Å². The number of aromatic nitrogens is 1. The van der Waals surface area contributed by atoms with E-state index in [1.807, 2.05) is 36.4 Å². The van der Waals surface area contributed by atoms with Gasteiger partial charge in [-0.25, -0.2) is 4.79 Å². The van der Waals surface area contributed by atoms with Crippen molar-refractivity contribution in [3.8, 4) is 0 Å². The summed E-state index contributed by atoms with van der Waals surface area (Å²) in [5.41, 5.74) is 1.86. The van der Waals surface area contributed by atoms with Crippen molar-refractivity contribution in [1.82, 2.24) is 15.6 Å². The topological polar surface area (TPSA) is 54.0 Å². The van der Waals surface area contributed by atoms with Crippen LogP contribution in [0.3, 0.4) is 0 Å². The molecule has 1 fully saturated rings. The Balaban J connectivity index is 1.57. The number of urea groups is 1. The molecule has 3 rings (SSSR count). The van der Waals surface area contributed by atoms with E-state index in [9.17, 15) is 4.79 Å². The number of carbonyl (C=O) groups is 1. The Labute approximate surface area is 118 Å². The molecule has 1 aliphatic rings. The van der Waals surface area contributed by atoms with Crippen LogP contribution in [0.5, 0.6) is 0 Å². The normalized spacial score (nSPS) is 15.4. The van der Waals surface area contributed by atoms with Crippen molar-refractivity contribution in [2.45, 2.75) is 24.9 Å². The lowest BCUT2D eigenvalue weighted by atomic mass is 10.1. The highest BCUT2D eigenvalue weighted by Crippen LogP contribution is 2.45. The van der Waals surface area contributed by atoms with Crippen molar-refractivity contribution in [2.24, 2.45) is 0 Å². The van der Waals surface area contributed by atoms with Gasteiger partial charge in [-0.15, -0.1) is 0 Å². The van der Waals surface area contributed by atoms with Crippen molar-refractivity contribution >= 4 is 6.03 Å². The minimum Gasteiger partial charge on any atom is -0.332 e. The van der Waals surface area contributed by atoms with Gasteiger partial charge < -0.3 is 10.6 Å². The molecule has 4 heteroatoms. The Morgan fingerprint density at radius 1 is 1.10 bits per heavy atom. The third kappa shape index (κ3) is 2.79. The van der Waals surface area contributed by atoms with E-state index in [-0.39, 0.29) is 11.6 Å². The Bertz CT molecular complexity index is 579. The average molecular weight is 267 g/mol. The van der Waals surface area contributed by atoms with Crippen LogP contribution in [-0.2, 0) is 12.1 Å². The van der Waals surface area contributed by atoms with Gasteiger partial charge in [0.15, 0.2) is 0 Å². The van der Waals surface area contributed by atoms with Crippen LogP contribution in [0.2, 0.25) is 0 Å². The maximum absolute atomic E-state index is 12.0. The smallest absolute Gasteiger partial charge is 0.315 e. The summed E-state index contributed by atoms with van der Waals surface area (Å²) in [4.78, 5) is 16.2. The molecule has 0 bridgehead atoms. The lowest BCUT2D eigenvalue weighted by molar-refractivity contribution is 0.235. The predicted octanol–water partition coefficient (Wildman–Crippen LogP) is 2.57. The molecule has 4 nitrogen and oxygen atoms in total. The summed E-state index contributed by atoms with van der Waals surface area (Å²) < 4.78 is 0. The fourth-order valence-corrected chi connectivity index (χ4v) is 2.30. The summed E-state index contributed by atoms with van der Waals surface area (Å²) in [5.74, 6) is 0. The zero-order valence-corrected chi connectivity index (χ0v) is 11.2. The van der Waals surface area contributed by atoms with Gasteiger partial charge >= 0.3 is 6.03 Å². The van der Waals surface area contributed by atoms with Crippen LogP contribution in [0.15, 0.2) is 54.7 Å². The molecule has 0 radical (unpaired) electrons. The summed E-state index contributed by atoms with van der Waals surface area (Å²) in [6.45, 7) is 0.442. The zero-order valence-electron chi connectivity index (χ0n) is 11.2. The van der Waals surface area contributed by atoms with Crippen LogP contribution in [0.1, 0.15) is 24.1 Å². The van der Waals surface area contributed by atoms with Crippen molar-refractivity contribution < 1.29 is 4.79 Å². The summed E-state index contributed by atoms with van der Waals surface area (Å²) in [5, 5.41) is 5.93. The minimum absolute atomic E-state index is 0.142. The molecule has 0 atom stereocenters. The number of nitrogens with one attached hydrogen (secondary N) is 2. The Morgan fingerprint density at radius 2 is 1.85 bits per heavy atom. The van der Waals surface area contributed by atoms with Gasteiger partial charge in [0.05, 0.1) is 17.8 Å². The minimum atomic E-state index is -0.171. The van der Waals surface area contributed by atoms with E-state index in [0.717, 1.165) is 18.5 Å². The molecule has 20 heavy (non-hydrogen) atoms. The van der Waals surface area contributed by atoms with Gasteiger partial charge in [0.1, 0.15) is 0 Å². The van der Waals surface area contributed by atoms with E-state index in [1.165, 1.54) is 5.56 Å². The molecule has 1 aliphatic carbocycles. The van der Waals surface area contributed by atoms with Gasteiger partial charge in [-0.1, -0.05) is 36.4 Å². The maximum atomic E-state index is 12.0. The summed E-state index contributed by atoms with van der Waals surface area (Å²) in [6, 6.07) is 15.6. The molecule has 1 aromatic heterocycles. The van der Waals surface area contributed by atoms with Gasteiger partial charge in [-0.3, -0.25) is 4.98 Å². The van der Waals surface area contributed by atoms with Crippen LogP contribution in [0.4, 0.5) is 4.79 Å². The van der Waals surface area contributed by atoms with Crippen molar-refractivity contribution in [2.75, 3.05) is 0 Å². The van der Waals surface area contributed by atoms with Gasteiger partial charge in [-0.2, -0.15) is 0 Å². The number of hydrogen-bond donors (Lipinski definition) is 2. The Morgan fingerprint density at radius 3 is 2.50 bits per heavy atom. The molecule has 2 aromatic rings. The molecule has 0 spiro atoms. The standard InChI is InChI=1S/C16H17N3O/c20-15(18-12-14-8-4-5-11-17-14)19-16(9-10-16)13-6-2-1-3-7-13/h1-8,11H,9-10,12H2,(H2,18,19,20). The number of pyridine rings is 1. The van der Waals surface area contributed by atoms with E-state index in [2.05, 4.69) is 27.8 Å². The molecule has 1 heterocycles. The van der Waals surface area contributed by atoms with Crippen LogP contribution in [0, 0.1) is 0 Å². The predicted molar refractivity (Wildman–Crippen MR) is 77.0 cm³/mol.